The van der Waals surface area contributed by atoms with Crippen molar-refractivity contribution in [1.29, 1.82) is 0 Å². The van der Waals surface area contributed by atoms with Crippen LogP contribution in [0, 0.1) is 27.7 Å². The second-order valence-electron chi connectivity index (χ2n) is 11.4. The Kier molecular flexibility index (Phi) is 6.40. The van der Waals surface area contributed by atoms with E-state index in [-0.39, 0.29) is 17.1 Å². The minimum atomic E-state index is -0.358. The first-order valence-electron chi connectivity index (χ1n) is 13.0. The number of rotatable bonds is 4. The van der Waals surface area contributed by atoms with Crippen molar-refractivity contribution >= 4 is 16.6 Å². The summed E-state index contributed by atoms with van der Waals surface area (Å²) in [6.45, 7) is 18.0. The van der Waals surface area contributed by atoms with Crippen molar-refractivity contribution in [3.8, 4) is 0 Å². The molecule has 0 spiro atoms. The van der Waals surface area contributed by atoms with Crippen LogP contribution in [0.3, 0.4) is 0 Å². The van der Waals surface area contributed by atoms with Crippen molar-refractivity contribution in [2.45, 2.75) is 60.0 Å². The fourth-order valence-electron chi connectivity index (χ4n) is 5.51. The molecule has 3 heterocycles. The quantitative estimate of drug-likeness (QED) is 0.448. The summed E-state index contributed by atoms with van der Waals surface area (Å²) in [6, 6.07) is 12.5. The summed E-state index contributed by atoms with van der Waals surface area (Å²) in [4.78, 5) is 21.6. The fraction of sp³-hybridized carbons (Fsp3) is 0.448. The van der Waals surface area contributed by atoms with Gasteiger partial charge in [0.25, 0.3) is 5.56 Å². The number of aryl methyl sites for hydroxylation is 4. The van der Waals surface area contributed by atoms with Crippen LogP contribution in [0.1, 0.15) is 60.5 Å². The topological polar surface area (TPSA) is 82.9 Å². The number of H-pyrrole nitrogens is 1. The molecule has 5 rings (SSSR count). The number of benzene rings is 2. The van der Waals surface area contributed by atoms with Gasteiger partial charge in [-0.2, -0.15) is 0 Å². The highest BCUT2D eigenvalue weighted by atomic mass is 16.1. The molecule has 4 aromatic rings. The molecule has 2 aromatic heterocycles. The molecule has 1 aliphatic heterocycles. The Hall–Kier alpha value is -3.52. The molecule has 0 radical (unpaired) electrons. The van der Waals surface area contributed by atoms with Gasteiger partial charge in [0, 0.05) is 48.3 Å². The zero-order valence-corrected chi connectivity index (χ0v) is 23.0. The normalized spacial score (nSPS) is 15.9. The minimum Gasteiger partial charge on any atom is -0.369 e. The Morgan fingerprint density at radius 2 is 1.62 bits per heavy atom. The third-order valence-electron chi connectivity index (χ3n) is 7.39. The summed E-state index contributed by atoms with van der Waals surface area (Å²) in [5.41, 5.74) is 7.22. The van der Waals surface area contributed by atoms with Crippen molar-refractivity contribution in [1.82, 2.24) is 30.1 Å². The minimum absolute atomic E-state index is 0.0945. The van der Waals surface area contributed by atoms with Gasteiger partial charge >= 0.3 is 0 Å². The van der Waals surface area contributed by atoms with Gasteiger partial charge in [0.2, 0.25) is 0 Å². The highest BCUT2D eigenvalue weighted by Gasteiger charge is 2.35. The molecule has 1 atom stereocenters. The average molecular weight is 500 g/mol. The molecule has 8 heteroatoms. The van der Waals surface area contributed by atoms with E-state index in [0.29, 0.717) is 11.4 Å². The van der Waals surface area contributed by atoms with Crippen molar-refractivity contribution in [2.75, 3.05) is 31.1 Å². The van der Waals surface area contributed by atoms with Crippen LogP contribution in [0.5, 0.6) is 0 Å². The van der Waals surface area contributed by atoms with Gasteiger partial charge in [-0.1, -0.05) is 18.2 Å². The molecule has 1 saturated heterocycles. The van der Waals surface area contributed by atoms with Gasteiger partial charge in [0.15, 0.2) is 5.82 Å². The van der Waals surface area contributed by atoms with E-state index in [1.807, 2.05) is 23.7 Å². The Labute approximate surface area is 218 Å². The molecular weight excluding hydrogens is 462 g/mol. The lowest BCUT2D eigenvalue weighted by Crippen LogP contribution is -2.49. The molecule has 0 aliphatic carbocycles. The maximum atomic E-state index is 13.6. The zero-order chi connectivity index (χ0) is 26.5. The smallest absolute Gasteiger partial charge is 0.253 e. The van der Waals surface area contributed by atoms with E-state index in [1.165, 1.54) is 16.8 Å². The van der Waals surface area contributed by atoms with E-state index in [1.54, 1.807) is 0 Å². The first-order valence-corrected chi connectivity index (χ1v) is 13.0. The van der Waals surface area contributed by atoms with Gasteiger partial charge in [0.1, 0.15) is 6.04 Å². The monoisotopic (exact) mass is 499 g/mol. The van der Waals surface area contributed by atoms with Crippen LogP contribution in [-0.2, 0) is 5.54 Å². The predicted molar refractivity (Wildman–Crippen MR) is 148 cm³/mol. The number of tetrazole rings is 1. The van der Waals surface area contributed by atoms with Gasteiger partial charge < -0.3 is 9.88 Å². The average Bonchev–Trinajstić information content (AvgIpc) is 3.32. The summed E-state index contributed by atoms with van der Waals surface area (Å²) in [6.07, 6.45) is 0. The second-order valence-corrected chi connectivity index (χ2v) is 11.4. The van der Waals surface area contributed by atoms with Gasteiger partial charge in [-0.25, -0.2) is 4.68 Å². The molecular formula is C29H37N7O. The summed E-state index contributed by atoms with van der Waals surface area (Å²) >= 11 is 0. The lowest BCUT2D eigenvalue weighted by molar-refractivity contribution is 0.190. The van der Waals surface area contributed by atoms with E-state index in [4.69, 9.17) is 0 Å². The number of nitrogens with one attached hydrogen (secondary N) is 1. The summed E-state index contributed by atoms with van der Waals surface area (Å²) in [5, 5.41) is 13.9. The van der Waals surface area contributed by atoms with Crippen LogP contribution in [0.15, 0.2) is 41.2 Å². The van der Waals surface area contributed by atoms with Gasteiger partial charge in [-0.3, -0.25) is 9.69 Å². The molecule has 1 unspecified atom stereocenters. The first-order chi connectivity index (χ1) is 17.5. The highest BCUT2D eigenvalue weighted by Crippen LogP contribution is 2.32. The van der Waals surface area contributed by atoms with Crippen LogP contribution in [-0.4, -0.2) is 56.3 Å². The van der Waals surface area contributed by atoms with Gasteiger partial charge in [-0.15, -0.1) is 5.10 Å². The summed E-state index contributed by atoms with van der Waals surface area (Å²) in [7, 11) is 0. The SMILES string of the molecule is Cc1ccc(C)c(N2CCN(C(c3cc4c(C)cc(C)cc4[nH]c3=O)c3nnnn3C(C)(C)C)CC2)c1. The second kappa shape index (κ2) is 9.41. The number of piperazine rings is 1. The molecule has 0 saturated carbocycles. The van der Waals surface area contributed by atoms with Crippen LogP contribution in [0.2, 0.25) is 0 Å². The number of hydrogen-bond donors (Lipinski definition) is 1. The number of nitrogens with zero attached hydrogens (tertiary/aromatic N) is 6. The van der Waals surface area contributed by atoms with Gasteiger partial charge in [0.05, 0.1) is 5.54 Å². The maximum Gasteiger partial charge on any atom is 0.253 e. The third-order valence-corrected chi connectivity index (χ3v) is 7.39. The molecule has 1 N–H and O–H groups in total. The lowest BCUT2D eigenvalue weighted by Gasteiger charge is -2.40. The molecule has 194 valence electrons. The van der Waals surface area contributed by atoms with Crippen molar-refractivity contribution in [3.05, 3.63) is 80.4 Å². The van der Waals surface area contributed by atoms with E-state index in [2.05, 4.69) is 96.1 Å². The molecule has 0 amide bonds. The molecule has 37 heavy (non-hydrogen) atoms. The van der Waals surface area contributed by atoms with Crippen molar-refractivity contribution < 1.29 is 0 Å². The molecule has 0 bridgehead atoms. The van der Waals surface area contributed by atoms with E-state index in [0.717, 1.165) is 48.2 Å². The van der Waals surface area contributed by atoms with Crippen LogP contribution >= 0.6 is 0 Å². The Morgan fingerprint density at radius 3 is 2.32 bits per heavy atom. The standard InChI is InChI=1S/C29H37N7O/c1-18-8-9-20(3)25(16-18)34-10-12-35(13-11-34)26(27-31-32-33-36(27)29(5,6)7)23-17-22-21(4)14-19(2)15-24(22)30-28(23)37/h8-9,14-17,26H,10-13H2,1-7H3,(H,30,37). The van der Waals surface area contributed by atoms with Crippen molar-refractivity contribution in [3.63, 3.8) is 0 Å². The number of hydrogen-bond acceptors (Lipinski definition) is 6. The maximum absolute atomic E-state index is 13.6. The molecule has 1 aliphatic rings. The van der Waals surface area contributed by atoms with E-state index in [9.17, 15) is 4.79 Å². The molecule has 2 aromatic carbocycles. The van der Waals surface area contributed by atoms with Crippen LogP contribution < -0.4 is 10.5 Å². The fourth-order valence-corrected chi connectivity index (χ4v) is 5.51. The number of aromatic nitrogens is 5. The highest BCUT2D eigenvalue weighted by molar-refractivity contribution is 5.83. The summed E-state index contributed by atoms with van der Waals surface area (Å²) < 4.78 is 1.86. The zero-order valence-electron chi connectivity index (χ0n) is 23.0. The third kappa shape index (κ3) is 4.78. The lowest BCUT2D eigenvalue weighted by atomic mass is 9.98. The predicted octanol–water partition coefficient (Wildman–Crippen LogP) is 4.41. The largest absolute Gasteiger partial charge is 0.369 e. The summed E-state index contributed by atoms with van der Waals surface area (Å²) in [5.74, 6) is 0.697. The number of anilines is 1. The molecule has 8 nitrogen and oxygen atoms in total. The van der Waals surface area contributed by atoms with Crippen LogP contribution in [0.25, 0.3) is 10.9 Å². The Balaban J connectivity index is 1.58. The van der Waals surface area contributed by atoms with E-state index >= 15 is 0 Å². The molecule has 1 fully saturated rings. The van der Waals surface area contributed by atoms with Gasteiger partial charge in [-0.05, 0) is 99.3 Å². The van der Waals surface area contributed by atoms with E-state index < -0.39 is 0 Å². The Morgan fingerprint density at radius 1 is 0.892 bits per heavy atom. The van der Waals surface area contributed by atoms with Crippen molar-refractivity contribution in [2.24, 2.45) is 0 Å². The van der Waals surface area contributed by atoms with Crippen LogP contribution in [0.4, 0.5) is 5.69 Å². The number of aromatic amines is 1. The number of fused-ring (bicyclic) bond motifs is 1. The Bertz CT molecular complexity index is 1500. The number of pyridine rings is 1. The first kappa shape index (κ1) is 25.1.